The van der Waals surface area contributed by atoms with Crippen LogP contribution in [0.1, 0.15) is 6.42 Å². The van der Waals surface area contributed by atoms with Crippen molar-refractivity contribution < 1.29 is 28.9 Å². The highest BCUT2D eigenvalue weighted by Crippen LogP contribution is 2.43. The van der Waals surface area contributed by atoms with Crippen molar-refractivity contribution in [3.8, 4) is 0 Å². The van der Waals surface area contributed by atoms with Crippen LogP contribution in [0, 0.1) is 0 Å². The minimum Gasteiger partial charge on any atom is -0.389 e. The van der Waals surface area contributed by atoms with Crippen LogP contribution in [0.4, 0.5) is 0 Å². The van der Waals surface area contributed by atoms with E-state index in [4.69, 9.17) is 4.52 Å². The number of aliphatic hydroxyl groups is 2. The molecule has 0 radical (unpaired) electrons. The normalized spacial score (nSPS) is 33.8. The van der Waals surface area contributed by atoms with Gasteiger partial charge in [0.2, 0.25) is 5.91 Å². The number of nitrogens with one attached hydrogen (secondary N) is 1. The summed E-state index contributed by atoms with van der Waals surface area (Å²) < 4.78 is 16.7. The van der Waals surface area contributed by atoms with Crippen LogP contribution < -0.4 is 5.32 Å². The fraction of sp³-hybridized carbons (Fsp3) is 0.667. The molecule has 0 aromatic heterocycles. The van der Waals surface area contributed by atoms with Crippen molar-refractivity contribution in [1.82, 2.24) is 5.32 Å². The predicted molar refractivity (Wildman–Crippen MR) is 78.4 cm³/mol. The molecule has 1 fully saturated rings. The maximum absolute atomic E-state index is 11.9. The maximum Gasteiger partial charge on any atom is 0.231 e. The fourth-order valence-electron chi connectivity index (χ4n) is 2.17. The maximum atomic E-state index is 11.9. The number of thioether (sulfide) groups is 1. The third kappa shape index (κ3) is 3.96. The standard InChI is InChI=1S/C12H18NO6PS/c1-20(2,18)19-5-8-10(16)11(17)12(21-8)6-4-13-9(15)3-7(6)14/h4,8,10-12,16-17H,3,5H2,1-2H3,(H,13,15)/t8-,10-,11-,12?/m1/s1. The molecule has 3 N–H and O–H groups in total. The highest BCUT2D eigenvalue weighted by Gasteiger charge is 2.46. The van der Waals surface area contributed by atoms with Crippen LogP contribution in [0.2, 0.25) is 0 Å². The van der Waals surface area contributed by atoms with Crippen molar-refractivity contribution >= 4 is 30.8 Å². The number of amides is 1. The number of carbonyl (C=O) groups excluding carboxylic acids is 2. The summed E-state index contributed by atoms with van der Waals surface area (Å²) in [6, 6.07) is 0. The molecule has 0 saturated carbocycles. The molecular formula is C12H18NO6PS. The minimum absolute atomic E-state index is 0.0253. The number of ketones is 1. The summed E-state index contributed by atoms with van der Waals surface area (Å²) in [7, 11) is -2.68. The number of carbonyl (C=O) groups is 2. The Hall–Kier alpha value is -0.660. The number of hydrogen-bond donors (Lipinski definition) is 3. The summed E-state index contributed by atoms with van der Waals surface area (Å²) in [5.74, 6) is -0.750. The Balaban J connectivity index is 2.08. The molecule has 2 heterocycles. The molecule has 118 valence electrons. The van der Waals surface area contributed by atoms with Crippen molar-refractivity contribution in [2.24, 2.45) is 0 Å². The van der Waals surface area contributed by atoms with E-state index in [1.54, 1.807) is 0 Å². The van der Waals surface area contributed by atoms with Gasteiger partial charge < -0.3 is 20.1 Å². The van der Waals surface area contributed by atoms with Crippen LogP contribution in [0.5, 0.6) is 0 Å². The Morgan fingerprint density at radius 1 is 1.38 bits per heavy atom. The van der Waals surface area contributed by atoms with Crippen LogP contribution in [0.25, 0.3) is 0 Å². The lowest BCUT2D eigenvalue weighted by Gasteiger charge is -2.20. The van der Waals surface area contributed by atoms with Crippen LogP contribution in [0.15, 0.2) is 11.8 Å². The first-order valence-electron chi connectivity index (χ1n) is 6.43. The third-order valence-electron chi connectivity index (χ3n) is 3.25. The van der Waals surface area contributed by atoms with E-state index < -0.39 is 30.1 Å². The zero-order chi connectivity index (χ0) is 15.8. The molecule has 0 spiro atoms. The largest absolute Gasteiger partial charge is 0.389 e. The molecule has 1 unspecified atom stereocenters. The van der Waals surface area contributed by atoms with Crippen LogP contribution in [-0.2, 0) is 18.7 Å². The smallest absolute Gasteiger partial charge is 0.231 e. The van der Waals surface area contributed by atoms with E-state index in [0.717, 1.165) is 0 Å². The first-order chi connectivity index (χ1) is 9.69. The highest BCUT2D eigenvalue weighted by molar-refractivity contribution is 8.01. The van der Waals surface area contributed by atoms with Gasteiger partial charge in [-0.05, 0) is 0 Å². The second-order valence-corrected chi connectivity index (χ2v) is 9.54. The van der Waals surface area contributed by atoms with E-state index >= 15 is 0 Å². The van der Waals surface area contributed by atoms with Crippen molar-refractivity contribution in [2.75, 3.05) is 19.9 Å². The van der Waals surface area contributed by atoms with Gasteiger partial charge in [-0.25, -0.2) is 0 Å². The van der Waals surface area contributed by atoms with E-state index in [1.807, 2.05) is 0 Å². The van der Waals surface area contributed by atoms with Crippen molar-refractivity contribution in [3.05, 3.63) is 11.8 Å². The zero-order valence-corrected chi connectivity index (χ0v) is 13.4. The van der Waals surface area contributed by atoms with Gasteiger partial charge in [-0.2, -0.15) is 0 Å². The van der Waals surface area contributed by atoms with Crippen molar-refractivity contribution in [2.45, 2.75) is 29.1 Å². The summed E-state index contributed by atoms with van der Waals surface area (Å²) in [5, 5.41) is 21.4. The number of rotatable bonds is 4. The second kappa shape index (κ2) is 6.22. The zero-order valence-electron chi connectivity index (χ0n) is 11.7. The number of Topliss-reactive ketones (excluding diaryl/α,β-unsaturated/α-hetero) is 1. The molecule has 21 heavy (non-hydrogen) atoms. The Morgan fingerprint density at radius 2 is 2.05 bits per heavy atom. The SMILES string of the molecule is CP(C)(=O)OC[C@H]1SC(C2=CNC(=O)CC2=O)[C@H](O)[C@@H]1O. The van der Waals surface area contributed by atoms with Crippen LogP contribution >= 0.6 is 19.1 Å². The Labute approximate surface area is 126 Å². The molecule has 1 amide bonds. The summed E-state index contributed by atoms with van der Waals surface area (Å²) in [6.07, 6.45) is -1.19. The minimum atomic E-state index is -2.68. The molecule has 1 saturated heterocycles. The van der Waals surface area contributed by atoms with E-state index in [0.29, 0.717) is 0 Å². The van der Waals surface area contributed by atoms with E-state index in [1.165, 1.54) is 31.3 Å². The van der Waals surface area contributed by atoms with Crippen LogP contribution in [0.3, 0.4) is 0 Å². The van der Waals surface area contributed by atoms with Crippen LogP contribution in [-0.4, -0.2) is 64.5 Å². The monoisotopic (exact) mass is 335 g/mol. The molecule has 2 aliphatic rings. The van der Waals surface area contributed by atoms with E-state index in [-0.39, 0.29) is 30.3 Å². The summed E-state index contributed by atoms with van der Waals surface area (Å²) in [4.78, 5) is 23.0. The number of hydrogen-bond acceptors (Lipinski definition) is 7. The molecule has 4 atom stereocenters. The van der Waals surface area contributed by atoms with Crippen molar-refractivity contribution in [1.29, 1.82) is 0 Å². The Bertz CT molecular complexity index is 530. The summed E-state index contributed by atoms with van der Waals surface area (Å²) >= 11 is 1.19. The van der Waals surface area contributed by atoms with Crippen molar-refractivity contribution in [3.63, 3.8) is 0 Å². The van der Waals surface area contributed by atoms with Gasteiger partial charge in [0.1, 0.15) is 0 Å². The summed E-state index contributed by atoms with van der Waals surface area (Å²) in [5.41, 5.74) is 0.282. The Morgan fingerprint density at radius 3 is 2.62 bits per heavy atom. The molecular weight excluding hydrogens is 317 g/mol. The predicted octanol–water partition coefficient (Wildman–Crippen LogP) is -0.281. The highest BCUT2D eigenvalue weighted by atomic mass is 32.2. The third-order valence-corrected chi connectivity index (χ3v) is 5.61. The first-order valence-corrected chi connectivity index (χ1v) is 9.89. The average Bonchev–Trinajstić information content (AvgIpc) is 2.64. The topological polar surface area (TPSA) is 113 Å². The molecule has 2 aliphatic heterocycles. The fourth-order valence-corrected chi connectivity index (χ4v) is 4.31. The van der Waals surface area contributed by atoms with Gasteiger partial charge >= 0.3 is 0 Å². The average molecular weight is 335 g/mol. The Kier molecular flexibility index (Phi) is 4.95. The van der Waals surface area contributed by atoms with Gasteiger partial charge in [0.15, 0.2) is 13.2 Å². The van der Waals surface area contributed by atoms with Gasteiger partial charge in [0, 0.05) is 25.1 Å². The van der Waals surface area contributed by atoms with Gasteiger partial charge in [0.05, 0.1) is 35.7 Å². The lowest BCUT2D eigenvalue weighted by atomic mass is 9.97. The number of aliphatic hydroxyl groups excluding tert-OH is 2. The van der Waals surface area contributed by atoms with E-state index in [2.05, 4.69) is 5.32 Å². The molecule has 7 nitrogen and oxygen atoms in total. The molecule has 9 heteroatoms. The van der Waals surface area contributed by atoms with Gasteiger partial charge in [-0.1, -0.05) is 0 Å². The molecule has 0 aromatic carbocycles. The quantitative estimate of drug-likeness (QED) is 0.478. The van der Waals surface area contributed by atoms with Gasteiger partial charge in [-0.15, -0.1) is 11.8 Å². The molecule has 2 rings (SSSR count). The lowest BCUT2D eigenvalue weighted by Crippen LogP contribution is -2.38. The van der Waals surface area contributed by atoms with Gasteiger partial charge in [0.25, 0.3) is 0 Å². The molecule has 0 bridgehead atoms. The second-order valence-electron chi connectivity index (χ2n) is 5.39. The van der Waals surface area contributed by atoms with E-state index in [9.17, 15) is 24.4 Å². The van der Waals surface area contributed by atoms with Gasteiger partial charge in [-0.3, -0.25) is 14.2 Å². The molecule has 0 aromatic rings. The molecule has 0 aliphatic carbocycles. The summed E-state index contributed by atoms with van der Waals surface area (Å²) in [6.45, 7) is 2.96. The lowest BCUT2D eigenvalue weighted by molar-refractivity contribution is -0.127. The first kappa shape index (κ1) is 16.7.